The number of aliphatic carboxylic acids is 1. The van der Waals surface area contributed by atoms with Crippen molar-refractivity contribution in [1.82, 2.24) is 4.90 Å². The predicted octanol–water partition coefficient (Wildman–Crippen LogP) is -0.201. The Labute approximate surface area is 82.9 Å². The van der Waals surface area contributed by atoms with Crippen molar-refractivity contribution in [3.8, 4) is 0 Å². The highest BCUT2D eigenvalue weighted by Crippen LogP contribution is 2.20. The third-order valence-electron chi connectivity index (χ3n) is 2.46. The number of rotatable bonds is 3. The lowest BCUT2D eigenvalue weighted by Crippen LogP contribution is -2.45. The van der Waals surface area contributed by atoms with Crippen molar-refractivity contribution < 1.29 is 14.7 Å². The number of nitrogens with zero attached hydrogens (tertiary/aromatic N) is 1. The summed E-state index contributed by atoms with van der Waals surface area (Å²) in [4.78, 5) is 23.7. The minimum absolute atomic E-state index is 0.0263. The van der Waals surface area contributed by atoms with E-state index in [2.05, 4.69) is 0 Å². The van der Waals surface area contributed by atoms with Crippen molar-refractivity contribution in [3.63, 3.8) is 0 Å². The van der Waals surface area contributed by atoms with Crippen molar-refractivity contribution in [2.45, 2.75) is 38.3 Å². The van der Waals surface area contributed by atoms with Crippen LogP contribution in [0.5, 0.6) is 0 Å². The van der Waals surface area contributed by atoms with Gasteiger partial charge in [-0.1, -0.05) is 0 Å². The number of nitrogens with two attached hydrogens (primary N) is 1. The monoisotopic (exact) mass is 200 g/mol. The first-order valence-corrected chi connectivity index (χ1v) is 4.80. The molecule has 1 aliphatic rings. The quantitative estimate of drug-likeness (QED) is 0.660. The zero-order chi connectivity index (χ0) is 10.7. The number of carboxylic acid groups (broad SMARTS) is 1. The molecule has 0 aliphatic carbocycles. The first-order chi connectivity index (χ1) is 6.52. The number of likely N-dealkylation sites (tertiary alicyclic amines) is 1. The summed E-state index contributed by atoms with van der Waals surface area (Å²) in [5, 5.41) is 8.64. The fourth-order valence-electron chi connectivity index (χ4n) is 1.80. The minimum atomic E-state index is -0.862. The van der Waals surface area contributed by atoms with E-state index in [1.54, 1.807) is 11.8 Å². The molecule has 1 aliphatic heterocycles. The van der Waals surface area contributed by atoms with E-state index < -0.39 is 12.0 Å². The maximum Gasteiger partial charge on any atom is 0.305 e. The van der Waals surface area contributed by atoms with Crippen LogP contribution in [0.4, 0.5) is 0 Å². The van der Waals surface area contributed by atoms with Crippen molar-refractivity contribution in [1.29, 1.82) is 0 Å². The Balaban J connectivity index is 2.59. The maximum atomic E-state index is 11.5. The Bertz CT molecular complexity index is 240. The van der Waals surface area contributed by atoms with Crippen molar-refractivity contribution in [3.05, 3.63) is 0 Å². The molecule has 1 amide bonds. The fraction of sp³-hybridized carbons (Fsp3) is 0.778. The second-order valence-corrected chi connectivity index (χ2v) is 3.71. The van der Waals surface area contributed by atoms with Crippen LogP contribution >= 0.6 is 0 Å². The molecule has 5 nitrogen and oxygen atoms in total. The molecular weight excluding hydrogens is 184 g/mol. The molecule has 80 valence electrons. The van der Waals surface area contributed by atoms with E-state index in [0.717, 1.165) is 12.8 Å². The van der Waals surface area contributed by atoms with Gasteiger partial charge < -0.3 is 15.7 Å². The lowest BCUT2D eigenvalue weighted by molar-refractivity contribution is -0.140. The molecule has 0 aromatic heterocycles. The summed E-state index contributed by atoms with van der Waals surface area (Å²) in [6.45, 7) is 2.26. The molecule has 5 heteroatoms. The van der Waals surface area contributed by atoms with Gasteiger partial charge in [0, 0.05) is 12.6 Å². The molecule has 3 N–H and O–H groups in total. The van der Waals surface area contributed by atoms with Gasteiger partial charge in [0.05, 0.1) is 12.5 Å². The first-order valence-electron chi connectivity index (χ1n) is 4.80. The lowest BCUT2D eigenvalue weighted by atomic mass is 10.1. The highest BCUT2D eigenvalue weighted by molar-refractivity contribution is 5.82. The molecule has 0 saturated carbocycles. The van der Waals surface area contributed by atoms with Gasteiger partial charge in [-0.3, -0.25) is 9.59 Å². The maximum absolute atomic E-state index is 11.5. The Kier molecular flexibility index (Phi) is 3.46. The van der Waals surface area contributed by atoms with Crippen LogP contribution in [0.3, 0.4) is 0 Å². The highest BCUT2D eigenvalue weighted by atomic mass is 16.4. The number of carboxylic acids is 1. The van der Waals surface area contributed by atoms with E-state index in [0.29, 0.717) is 6.54 Å². The summed E-state index contributed by atoms with van der Waals surface area (Å²) in [6, 6.07) is -0.699. The molecule has 0 spiro atoms. The zero-order valence-corrected chi connectivity index (χ0v) is 8.27. The van der Waals surface area contributed by atoms with Crippen LogP contribution in [0.1, 0.15) is 26.2 Å². The van der Waals surface area contributed by atoms with E-state index in [1.165, 1.54) is 0 Å². The molecule has 0 bridgehead atoms. The summed E-state index contributed by atoms with van der Waals surface area (Å²) >= 11 is 0. The number of amides is 1. The average Bonchev–Trinajstić information content (AvgIpc) is 2.49. The molecule has 0 aromatic rings. The summed E-state index contributed by atoms with van der Waals surface area (Å²) in [5.41, 5.74) is 5.47. The SMILES string of the molecule is CC(N)C(=O)N1CCC[C@H]1CC(=O)O. The van der Waals surface area contributed by atoms with Gasteiger partial charge in [0.25, 0.3) is 0 Å². The largest absolute Gasteiger partial charge is 0.481 e. The molecule has 14 heavy (non-hydrogen) atoms. The number of carbonyl (C=O) groups excluding carboxylic acids is 1. The summed E-state index contributed by atoms with van der Waals surface area (Å²) < 4.78 is 0. The van der Waals surface area contributed by atoms with Crippen LogP contribution in [-0.4, -0.2) is 40.5 Å². The van der Waals surface area contributed by atoms with E-state index >= 15 is 0 Å². The van der Waals surface area contributed by atoms with Gasteiger partial charge in [-0.2, -0.15) is 0 Å². The van der Waals surface area contributed by atoms with E-state index in [1.807, 2.05) is 0 Å². The average molecular weight is 200 g/mol. The standard InChI is InChI=1S/C9H16N2O3/c1-6(10)9(14)11-4-2-3-7(11)5-8(12)13/h6-7H,2-5,10H2,1H3,(H,12,13)/t6?,7-/m0/s1. The van der Waals surface area contributed by atoms with Crippen molar-refractivity contribution >= 4 is 11.9 Å². The topological polar surface area (TPSA) is 83.6 Å². The van der Waals surface area contributed by atoms with Crippen LogP contribution in [0, 0.1) is 0 Å². The van der Waals surface area contributed by atoms with Crippen molar-refractivity contribution in [2.75, 3.05) is 6.54 Å². The molecule has 1 fully saturated rings. The molecule has 1 saturated heterocycles. The Morgan fingerprint density at radius 3 is 2.79 bits per heavy atom. The number of hydrogen-bond acceptors (Lipinski definition) is 3. The highest BCUT2D eigenvalue weighted by Gasteiger charge is 2.31. The third kappa shape index (κ3) is 2.45. The third-order valence-corrected chi connectivity index (χ3v) is 2.46. The molecule has 1 unspecified atom stereocenters. The Morgan fingerprint density at radius 1 is 1.64 bits per heavy atom. The van der Waals surface area contributed by atoms with Gasteiger partial charge in [-0.15, -0.1) is 0 Å². The van der Waals surface area contributed by atoms with Gasteiger partial charge in [-0.05, 0) is 19.8 Å². The van der Waals surface area contributed by atoms with E-state index in [4.69, 9.17) is 10.8 Å². The number of hydrogen-bond donors (Lipinski definition) is 2. The van der Waals surface area contributed by atoms with Gasteiger partial charge >= 0.3 is 5.97 Å². The van der Waals surface area contributed by atoms with E-state index in [-0.39, 0.29) is 18.4 Å². The Hall–Kier alpha value is -1.10. The predicted molar refractivity (Wildman–Crippen MR) is 50.6 cm³/mol. The van der Waals surface area contributed by atoms with Crippen LogP contribution in [0.2, 0.25) is 0 Å². The molecule has 1 heterocycles. The minimum Gasteiger partial charge on any atom is -0.481 e. The molecule has 0 aromatic carbocycles. The molecule has 0 radical (unpaired) electrons. The number of carbonyl (C=O) groups is 2. The van der Waals surface area contributed by atoms with Gasteiger partial charge in [0.15, 0.2) is 0 Å². The van der Waals surface area contributed by atoms with Crippen LogP contribution < -0.4 is 5.73 Å². The molecule has 1 rings (SSSR count). The Morgan fingerprint density at radius 2 is 2.29 bits per heavy atom. The van der Waals surface area contributed by atoms with Gasteiger partial charge in [0.1, 0.15) is 0 Å². The smallest absolute Gasteiger partial charge is 0.305 e. The molecule has 2 atom stereocenters. The fourth-order valence-corrected chi connectivity index (χ4v) is 1.80. The second-order valence-electron chi connectivity index (χ2n) is 3.71. The lowest BCUT2D eigenvalue weighted by Gasteiger charge is -2.25. The second kappa shape index (κ2) is 4.41. The summed E-state index contributed by atoms with van der Waals surface area (Å²) in [6.07, 6.45) is 1.67. The normalized spacial score (nSPS) is 23.6. The van der Waals surface area contributed by atoms with Gasteiger partial charge in [-0.25, -0.2) is 0 Å². The summed E-state index contributed by atoms with van der Waals surface area (Å²) in [5.74, 6) is -1.01. The molecular formula is C9H16N2O3. The van der Waals surface area contributed by atoms with Crippen molar-refractivity contribution in [2.24, 2.45) is 5.73 Å². The first kappa shape index (κ1) is 11.0. The van der Waals surface area contributed by atoms with Crippen LogP contribution in [0.25, 0.3) is 0 Å². The van der Waals surface area contributed by atoms with Crippen LogP contribution in [0.15, 0.2) is 0 Å². The zero-order valence-electron chi connectivity index (χ0n) is 8.27. The van der Waals surface area contributed by atoms with E-state index in [9.17, 15) is 9.59 Å². The van der Waals surface area contributed by atoms with Gasteiger partial charge in [0.2, 0.25) is 5.91 Å². The van der Waals surface area contributed by atoms with Crippen LogP contribution in [-0.2, 0) is 9.59 Å². The summed E-state index contributed by atoms with van der Waals surface area (Å²) in [7, 11) is 0.